The van der Waals surface area contributed by atoms with Gasteiger partial charge >= 0.3 is 5.69 Å². The van der Waals surface area contributed by atoms with Crippen LogP contribution in [0.25, 0.3) is 0 Å². The molecule has 0 unspecified atom stereocenters. The molecule has 0 saturated carbocycles. The van der Waals surface area contributed by atoms with Gasteiger partial charge in [0, 0.05) is 10.8 Å². The molecule has 0 aliphatic heterocycles. The lowest BCUT2D eigenvalue weighted by Crippen LogP contribution is -2.28. The van der Waals surface area contributed by atoms with E-state index in [9.17, 15) is 19.7 Å². The Balaban J connectivity index is 1.72. The first kappa shape index (κ1) is 29.0. The molecule has 2 heterocycles. The molecule has 39 heavy (non-hydrogen) atoms. The maximum atomic E-state index is 12.3. The number of rotatable bonds is 9. The van der Waals surface area contributed by atoms with Crippen LogP contribution in [0.5, 0.6) is 11.5 Å². The zero-order valence-corrected chi connectivity index (χ0v) is 22.9. The van der Waals surface area contributed by atoms with Crippen molar-refractivity contribution >= 4 is 29.1 Å². The lowest BCUT2D eigenvalue weighted by molar-refractivity contribution is -0.387. The van der Waals surface area contributed by atoms with E-state index < -0.39 is 15.8 Å². The lowest BCUT2D eigenvalue weighted by atomic mass is 9.96. The fourth-order valence-electron chi connectivity index (χ4n) is 3.09. The number of nitro groups is 1. The highest BCUT2D eigenvalue weighted by atomic mass is 16.6. The van der Waals surface area contributed by atoms with Crippen LogP contribution in [0.1, 0.15) is 52.9 Å². The summed E-state index contributed by atoms with van der Waals surface area (Å²) in [6.07, 6.45) is 0. The van der Waals surface area contributed by atoms with Crippen molar-refractivity contribution in [2.24, 2.45) is 10.8 Å². The average molecular weight is 536 g/mol. The van der Waals surface area contributed by atoms with Gasteiger partial charge in [0.25, 0.3) is 0 Å². The smallest absolute Gasteiger partial charge is 0.352 e. The standard InChI is InChI=1S/C28H33N5O6/c1-27(2,3)25(34)31-22-14-7-10-18(29-22)16-38-20-12-9-13-21(24(20)33(36)37)39-17-19-11-8-15-23(30-19)32-26(35)28(4,5)6/h7-15H,16-17H2,1-6H3,(H,29,31,34)(H,30,32,35). The van der Waals surface area contributed by atoms with Gasteiger partial charge in [-0.15, -0.1) is 0 Å². The summed E-state index contributed by atoms with van der Waals surface area (Å²) in [6.45, 7) is 10.6. The number of ether oxygens (including phenoxy) is 2. The third kappa shape index (κ3) is 8.22. The maximum Gasteiger partial charge on any atom is 0.352 e. The van der Waals surface area contributed by atoms with Gasteiger partial charge in [0.15, 0.2) is 0 Å². The number of nitrogens with one attached hydrogen (secondary N) is 2. The topological polar surface area (TPSA) is 146 Å². The summed E-state index contributed by atoms with van der Waals surface area (Å²) in [5, 5.41) is 17.4. The van der Waals surface area contributed by atoms with Crippen LogP contribution in [-0.4, -0.2) is 26.7 Å². The summed E-state index contributed by atoms with van der Waals surface area (Å²) in [5.74, 6) is 0.340. The Labute approximate surface area is 227 Å². The highest BCUT2D eigenvalue weighted by Gasteiger charge is 2.24. The molecule has 2 N–H and O–H groups in total. The van der Waals surface area contributed by atoms with E-state index in [1.165, 1.54) is 12.1 Å². The van der Waals surface area contributed by atoms with Gasteiger partial charge in [-0.25, -0.2) is 9.97 Å². The number of amides is 2. The number of aromatic nitrogens is 2. The SMILES string of the molecule is CC(C)(C)C(=O)Nc1cccc(COc2cccc(OCc3cccc(NC(=O)C(C)(C)C)n3)c2[N+](=O)[O-])n1. The second kappa shape index (κ2) is 11.9. The van der Waals surface area contributed by atoms with Gasteiger partial charge in [-0.2, -0.15) is 0 Å². The second-order valence-electron chi connectivity index (χ2n) is 10.9. The Morgan fingerprint density at radius 2 is 1.13 bits per heavy atom. The number of hydrogen-bond acceptors (Lipinski definition) is 8. The fourth-order valence-corrected chi connectivity index (χ4v) is 3.09. The molecule has 0 bridgehead atoms. The number of para-hydroxylation sites is 1. The molecule has 11 nitrogen and oxygen atoms in total. The minimum Gasteiger partial charge on any atom is -0.480 e. The van der Waals surface area contributed by atoms with E-state index in [0.29, 0.717) is 23.0 Å². The van der Waals surface area contributed by atoms with E-state index in [0.717, 1.165) is 0 Å². The number of benzene rings is 1. The van der Waals surface area contributed by atoms with Crippen LogP contribution in [0.3, 0.4) is 0 Å². The highest BCUT2D eigenvalue weighted by Crippen LogP contribution is 2.37. The minimum atomic E-state index is -0.591. The van der Waals surface area contributed by atoms with Crippen LogP contribution < -0.4 is 20.1 Å². The Bertz CT molecular complexity index is 1270. The number of anilines is 2. The first-order chi connectivity index (χ1) is 18.2. The van der Waals surface area contributed by atoms with E-state index in [2.05, 4.69) is 20.6 Å². The number of nitrogens with zero attached hydrogens (tertiary/aromatic N) is 3. The molecule has 0 aliphatic carbocycles. The van der Waals surface area contributed by atoms with E-state index in [1.54, 1.807) is 84.0 Å². The van der Waals surface area contributed by atoms with E-state index in [4.69, 9.17) is 9.47 Å². The Hall–Kier alpha value is -4.54. The maximum absolute atomic E-state index is 12.3. The summed E-state index contributed by atoms with van der Waals surface area (Å²) in [6, 6.07) is 14.6. The van der Waals surface area contributed by atoms with Crippen LogP contribution in [0.2, 0.25) is 0 Å². The minimum absolute atomic E-state index is 0.00239. The average Bonchev–Trinajstić information content (AvgIpc) is 2.85. The van der Waals surface area contributed by atoms with Crippen molar-refractivity contribution in [3.05, 3.63) is 76.1 Å². The lowest BCUT2D eigenvalue weighted by Gasteiger charge is -2.17. The van der Waals surface area contributed by atoms with Crippen LogP contribution in [-0.2, 0) is 22.8 Å². The fraction of sp³-hybridized carbons (Fsp3) is 0.357. The number of nitro benzene ring substituents is 1. The van der Waals surface area contributed by atoms with Crippen LogP contribution in [0, 0.1) is 20.9 Å². The molecule has 206 valence electrons. The molecule has 0 aliphatic rings. The molecule has 0 fully saturated rings. The summed E-state index contributed by atoms with van der Waals surface area (Å²) >= 11 is 0. The third-order valence-electron chi connectivity index (χ3n) is 5.35. The Morgan fingerprint density at radius 1 is 0.744 bits per heavy atom. The highest BCUT2D eigenvalue weighted by molar-refractivity contribution is 5.94. The van der Waals surface area contributed by atoms with Crippen LogP contribution in [0.4, 0.5) is 17.3 Å². The molecule has 0 saturated heterocycles. The van der Waals surface area contributed by atoms with Gasteiger partial charge in [-0.3, -0.25) is 19.7 Å². The molecule has 11 heteroatoms. The van der Waals surface area contributed by atoms with Crippen molar-refractivity contribution in [3.8, 4) is 11.5 Å². The van der Waals surface area contributed by atoms with Crippen molar-refractivity contribution in [2.45, 2.75) is 54.8 Å². The number of pyridine rings is 2. The van der Waals surface area contributed by atoms with Crippen LogP contribution >= 0.6 is 0 Å². The molecule has 2 aromatic heterocycles. The Kier molecular flexibility index (Phi) is 8.85. The number of hydrogen-bond donors (Lipinski definition) is 2. The first-order valence-corrected chi connectivity index (χ1v) is 12.3. The molecule has 0 radical (unpaired) electrons. The summed E-state index contributed by atoms with van der Waals surface area (Å²) in [7, 11) is 0. The predicted octanol–water partition coefficient (Wildman–Crippen LogP) is 5.51. The summed E-state index contributed by atoms with van der Waals surface area (Å²) < 4.78 is 11.5. The predicted molar refractivity (Wildman–Crippen MR) is 146 cm³/mol. The number of carbonyl (C=O) groups is 2. The molecule has 3 aromatic rings. The van der Waals surface area contributed by atoms with Crippen LogP contribution in [0.15, 0.2) is 54.6 Å². The van der Waals surface area contributed by atoms with Gasteiger partial charge in [0.1, 0.15) is 24.8 Å². The van der Waals surface area contributed by atoms with Crippen molar-refractivity contribution in [1.82, 2.24) is 9.97 Å². The van der Waals surface area contributed by atoms with E-state index >= 15 is 0 Å². The quantitative estimate of drug-likeness (QED) is 0.269. The summed E-state index contributed by atoms with van der Waals surface area (Å²) in [4.78, 5) is 44.6. The summed E-state index contributed by atoms with van der Waals surface area (Å²) in [5.41, 5.74) is -0.577. The zero-order chi connectivity index (χ0) is 28.8. The number of carbonyl (C=O) groups excluding carboxylic acids is 2. The Morgan fingerprint density at radius 3 is 1.49 bits per heavy atom. The largest absolute Gasteiger partial charge is 0.480 e. The third-order valence-corrected chi connectivity index (χ3v) is 5.35. The van der Waals surface area contributed by atoms with Gasteiger partial charge < -0.3 is 20.1 Å². The van der Waals surface area contributed by atoms with Gasteiger partial charge in [-0.05, 0) is 36.4 Å². The molecule has 2 amide bonds. The zero-order valence-electron chi connectivity index (χ0n) is 22.9. The van der Waals surface area contributed by atoms with E-state index in [-0.39, 0.29) is 42.2 Å². The molecule has 1 aromatic carbocycles. The van der Waals surface area contributed by atoms with Gasteiger partial charge in [0.2, 0.25) is 23.3 Å². The van der Waals surface area contributed by atoms with Gasteiger partial charge in [0.05, 0.1) is 16.3 Å². The van der Waals surface area contributed by atoms with Crippen molar-refractivity contribution in [3.63, 3.8) is 0 Å². The van der Waals surface area contributed by atoms with E-state index in [1.807, 2.05) is 0 Å². The second-order valence-corrected chi connectivity index (χ2v) is 10.9. The van der Waals surface area contributed by atoms with Crippen molar-refractivity contribution in [2.75, 3.05) is 10.6 Å². The molecular weight excluding hydrogens is 502 g/mol. The molecule has 0 atom stereocenters. The molecular formula is C28H33N5O6. The van der Waals surface area contributed by atoms with Crippen molar-refractivity contribution < 1.29 is 24.0 Å². The molecule has 3 rings (SSSR count). The first-order valence-electron chi connectivity index (χ1n) is 12.3. The van der Waals surface area contributed by atoms with Gasteiger partial charge in [-0.1, -0.05) is 59.7 Å². The normalized spacial score (nSPS) is 11.4. The van der Waals surface area contributed by atoms with Crippen molar-refractivity contribution in [1.29, 1.82) is 0 Å². The molecule has 0 spiro atoms. The monoisotopic (exact) mass is 535 g/mol.